The molecule has 1 amide bonds. The number of aryl methyl sites for hydroxylation is 2. The van der Waals surface area contributed by atoms with E-state index in [9.17, 15) is 9.00 Å². The summed E-state index contributed by atoms with van der Waals surface area (Å²) in [7, 11) is 1.58. The van der Waals surface area contributed by atoms with Gasteiger partial charge in [0.25, 0.3) is 17.2 Å². The number of rotatable bonds is 20. The van der Waals surface area contributed by atoms with Gasteiger partial charge in [-0.3, -0.25) is 9.89 Å². The van der Waals surface area contributed by atoms with Gasteiger partial charge in [0.05, 0.1) is 13.3 Å². The van der Waals surface area contributed by atoms with Gasteiger partial charge >= 0.3 is 0 Å². The molecule has 0 bridgehead atoms. The summed E-state index contributed by atoms with van der Waals surface area (Å²) in [4.78, 5) is 18.3. The molecule has 3 aromatic heterocycles. The number of nitrogens with zero attached hydrogens (tertiary/aromatic N) is 4. The van der Waals surface area contributed by atoms with E-state index in [1.807, 2.05) is 88.5 Å². The molecular weight excluding hydrogens is 787 g/mol. The van der Waals surface area contributed by atoms with Gasteiger partial charge in [0, 0.05) is 36.6 Å². The summed E-state index contributed by atoms with van der Waals surface area (Å²) < 4.78 is 55.3. The quantitative estimate of drug-likeness (QED) is 0.0644. The van der Waals surface area contributed by atoms with Crippen LogP contribution in [0.5, 0.6) is 40.2 Å². The molecule has 15 nitrogen and oxygen atoms in total. The fourth-order valence-electron chi connectivity index (χ4n) is 6.23. The molecule has 3 heterocycles. The third kappa shape index (κ3) is 10.3. The number of fused-ring (bicyclic) bond motifs is 1. The minimum Gasteiger partial charge on any atom is -0.497 e. The maximum absolute atomic E-state index is 13.5. The van der Waals surface area contributed by atoms with Crippen LogP contribution in [0.4, 0.5) is 5.69 Å². The van der Waals surface area contributed by atoms with E-state index in [1.165, 1.54) is 0 Å². The first-order valence-electron chi connectivity index (χ1n) is 19.4. The highest BCUT2D eigenvalue weighted by molar-refractivity contribution is 7.78. The number of aromatic nitrogens is 5. The van der Waals surface area contributed by atoms with Gasteiger partial charge in [0.2, 0.25) is 0 Å². The number of anilines is 1. The normalized spacial score (nSPS) is 12.7. The molecule has 7 aromatic rings. The lowest BCUT2D eigenvalue weighted by atomic mass is 10.1. The molecule has 312 valence electrons. The lowest BCUT2D eigenvalue weighted by Crippen LogP contribution is -2.32. The smallest absolute Gasteiger partial charge is 0.288 e. The van der Waals surface area contributed by atoms with Crippen LogP contribution in [0, 0.1) is 13.8 Å². The van der Waals surface area contributed by atoms with Crippen molar-refractivity contribution in [1.29, 1.82) is 0 Å². The molecule has 60 heavy (non-hydrogen) atoms. The second-order valence-corrected chi connectivity index (χ2v) is 14.8. The third-order valence-electron chi connectivity index (χ3n) is 9.37. The minimum absolute atomic E-state index is 0.128. The van der Waals surface area contributed by atoms with Crippen LogP contribution in [0.25, 0.3) is 11.3 Å². The van der Waals surface area contributed by atoms with Gasteiger partial charge in [-0.25, -0.2) is 18.9 Å². The average Bonchev–Trinajstić information content (AvgIpc) is 4.01. The topological polar surface area (TPSA) is 164 Å². The minimum atomic E-state index is -2.04. The predicted octanol–water partition coefficient (Wildman–Crippen LogP) is 7.87. The van der Waals surface area contributed by atoms with Crippen molar-refractivity contribution in [2.24, 2.45) is 0 Å². The Labute approximate surface area is 350 Å². The Hall–Kier alpha value is -6.78. The Morgan fingerprint density at radius 1 is 0.867 bits per heavy atom. The highest BCUT2D eigenvalue weighted by atomic mass is 32.2. The number of amides is 1. The molecule has 4 aromatic carbocycles. The number of carbonyl (C=O) groups excluding carboxylic acids is 1. The molecule has 3 atom stereocenters. The van der Waals surface area contributed by atoms with Crippen LogP contribution in [0.1, 0.15) is 43.1 Å². The van der Waals surface area contributed by atoms with E-state index in [2.05, 4.69) is 20.2 Å². The summed E-state index contributed by atoms with van der Waals surface area (Å²) >= 11 is -2.04. The van der Waals surface area contributed by atoms with E-state index < -0.39 is 17.4 Å². The molecular formula is C44H47N7O8S. The summed E-state index contributed by atoms with van der Waals surface area (Å²) in [6, 6.07) is 29.1. The zero-order chi connectivity index (χ0) is 42.0. The zero-order valence-corrected chi connectivity index (χ0v) is 34.7. The number of nitrogens with one attached hydrogen (secondary N) is 3. The number of methoxy groups -OCH3 is 1. The number of hydrogen-bond acceptors (Lipinski definition) is 10. The molecule has 16 heteroatoms. The summed E-state index contributed by atoms with van der Waals surface area (Å²) in [5.74, 6) is 3.58. The molecule has 0 aliphatic rings. The molecule has 3 unspecified atom stereocenters. The highest BCUT2D eigenvalue weighted by Crippen LogP contribution is 2.36. The molecule has 0 aliphatic carbocycles. The Bertz CT molecular complexity index is 2520. The molecule has 0 spiro atoms. The van der Waals surface area contributed by atoms with Crippen LogP contribution < -0.4 is 37.9 Å². The Morgan fingerprint density at radius 3 is 2.37 bits per heavy atom. The van der Waals surface area contributed by atoms with E-state index in [1.54, 1.807) is 71.2 Å². The Balaban J connectivity index is 1.03. The van der Waals surface area contributed by atoms with Crippen molar-refractivity contribution in [2.75, 3.05) is 32.2 Å². The number of hydrogen-bond donors (Lipinski definition) is 3. The van der Waals surface area contributed by atoms with E-state index in [4.69, 9.17) is 32.9 Å². The van der Waals surface area contributed by atoms with Gasteiger partial charge < -0.3 is 33.2 Å². The number of para-hydroxylation sites is 1. The second kappa shape index (κ2) is 19.3. The van der Waals surface area contributed by atoms with Gasteiger partial charge in [-0.2, -0.15) is 9.31 Å². The second-order valence-electron chi connectivity index (χ2n) is 13.9. The van der Waals surface area contributed by atoms with Gasteiger partial charge in [0.15, 0.2) is 34.7 Å². The summed E-state index contributed by atoms with van der Waals surface area (Å²) in [6.45, 7) is 8.64. The molecule has 0 aliphatic heterocycles. The Morgan fingerprint density at radius 2 is 1.63 bits per heavy atom. The van der Waals surface area contributed by atoms with Crippen molar-refractivity contribution in [3.8, 4) is 45.9 Å². The first-order valence-corrected chi connectivity index (χ1v) is 20.5. The zero-order valence-electron chi connectivity index (χ0n) is 33.9. The van der Waals surface area contributed by atoms with Crippen LogP contribution in [0.15, 0.2) is 116 Å². The van der Waals surface area contributed by atoms with Gasteiger partial charge in [-0.15, -0.1) is 0 Å². The van der Waals surface area contributed by atoms with Gasteiger partial charge in [0.1, 0.15) is 42.0 Å². The lowest BCUT2D eigenvalue weighted by molar-refractivity contribution is -0.122. The number of ether oxygens (including phenoxy) is 5. The van der Waals surface area contributed by atoms with E-state index in [0.29, 0.717) is 65.5 Å². The largest absolute Gasteiger partial charge is 0.497 e. The van der Waals surface area contributed by atoms with Gasteiger partial charge in [-0.05, 0) is 86.5 Å². The molecule has 3 N–H and O–H groups in total. The summed E-state index contributed by atoms with van der Waals surface area (Å²) in [5, 5.41) is 10.6. The standard InChI is InChI=1S/C44H47N7O8S/c1-6-36(58-37-19-13-29(2)25-30(37)3)44(52)47-32-14-20-38(57-35-17-15-33(54-5)16-18-35)39(26-32)59-60(53)46-27-31(4)42-48-43-41(50-22-10-21-45-50)40(28-51(43)49-42)56-24-23-55-34-11-8-7-9-12-34/h7-22,25-26,28,31,36,46H,6,23-24,27H2,1-5H3,(H,47,52)(H,48,49). The van der Waals surface area contributed by atoms with Gasteiger partial charge in [-0.1, -0.05) is 49.7 Å². The maximum Gasteiger partial charge on any atom is 0.288 e. The van der Waals surface area contributed by atoms with E-state index in [-0.39, 0.29) is 29.9 Å². The van der Waals surface area contributed by atoms with Crippen molar-refractivity contribution in [3.63, 3.8) is 0 Å². The number of aromatic amines is 1. The van der Waals surface area contributed by atoms with Crippen LogP contribution in [-0.4, -0.2) is 67.5 Å². The van der Waals surface area contributed by atoms with Crippen LogP contribution >= 0.6 is 0 Å². The van der Waals surface area contributed by atoms with Crippen LogP contribution in [0.3, 0.4) is 0 Å². The van der Waals surface area contributed by atoms with Crippen molar-refractivity contribution in [1.82, 2.24) is 29.1 Å². The number of carbonyl (C=O) groups is 1. The average molecular weight is 834 g/mol. The molecule has 0 saturated heterocycles. The molecule has 0 fully saturated rings. The number of benzene rings is 4. The highest BCUT2D eigenvalue weighted by Gasteiger charge is 2.23. The van der Waals surface area contributed by atoms with Crippen molar-refractivity contribution in [3.05, 3.63) is 133 Å². The third-order valence-corrected chi connectivity index (χ3v) is 10.1. The maximum atomic E-state index is 13.5. The summed E-state index contributed by atoms with van der Waals surface area (Å²) in [6.07, 6.45) is 4.98. The number of H-pyrrole nitrogens is 1. The molecule has 7 rings (SSSR count). The first kappa shape index (κ1) is 41.4. The monoisotopic (exact) mass is 833 g/mol. The van der Waals surface area contributed by atoms with Crippen LogP contribution in [-0.2, 0) is 16.1 Å². The van der Waals surface area contributed by atoms with Crippen molar-refractivity contribution < 1.29 is 36.9 Å². The van der Waals surface area contributed by atoms with E-state index in [0.717, 1.165) is 16.9 Å². The molecule has 0 radical (unpaired) electrons. The SMILES string of the molecule is CCC(Oc1ccc(C)cc1C)C(=O)Nc1ccc(Oc2ccc(OC)cc2)c(OS(=O)NCC(C)c2nc3c(-n4cccn4)c(OCCOc4ccccc4)cn3[nH]2)c1. The first-order chi connectivity index (χ1) is 29.2. The lowest BCUT2D eigenvalue weighted by Gasteiger charge is -2.19. The van der Waals surface area contributed by atoms with Crippen molar-refractivity contribution >= 4 is 28.5 Å². The predicted molar refractivity (Wildman–Crippen MR) is 228 cm³/mol. The Kier molecular flexibility index (Phi) is 13.3. The summed E-state index contributed by atoms with van der Waals surface area (Å²) in [5.41, 5.74) is 3.69. The van der Waals surface area contributed by atoms with E-state index >= 15 is 0 Å². The van der Waals surface area contributed by atoms with Crippen molar-refractivity contribution in [2.45, 2.75) is 46.1 Å². The van der Waals surface area contributed by atoms with Crippen LogP contribution in [0.2, 0.25) is 0 Å². The molecule has 0 saturated carbocycles. The fourth-order valence-corrected chi connectivity index (χ4v) is 6.96. The fraction of sp³-hybridized carbons (Fsp3) is 0.250.